The molecule has 134 valence electrons. The molecule has 2 aromatic rings. The molecule has 0 unspecified atom stereocenters. The summed E-state index contributed by atoms with van der Waals surface area (Å²) in [5.41, 5.74) is 1.21. The molecule has 2 aromatic heterocycles. The maximum absolute atomic E-state index is 11.7. The van der Waals surface area contributed by atoms with E-state index in [9.17, 15) is 4.79 Å². The van der Waals surface area contributed by atoms with Crippen LogP contribution in [0.25, 0.3) is 0 Å². The van der Waals surface area contributed by atoms with E-state index in [-0.39, 0.29) is 37.3 Å². The first-order valence-electron chi connectivity index (χ1n) is 7.20. The second-order valence-electron chi connectivity index (χ2n) is 4.79. The fourth-order valence-electron chi connectivity index (χ4n) is 1.91. The minimum Gasteiger partial charge on any atom is -0.383 e. The lowest BCUT2D eigenvalue weighted by Gasteiger charge is -2.04. The van der Waals surface area contributed by atoms with Crippen molar-refractivity contribution < 1.29 is 9.53 Å². The molecule has 0 aliphatic heterocycles. The summed E-state index contributed by atoms with van der Waals surface area (Å²) < 4.78 is 6.71. The highest BCUT2D eigenvalue weighted by molar-refractivity contribution is 5.91. The summed E-state index contributed by atoms with van der Waals surface area (Å²) >= 11 is 0. The van der Waals surface area contributed by atoms with E-state index in [1.165, 1.54) is 5.56 Å². The van der Waals surface area contributed by atoms with E-state index in [4.69, 9.17) is 4.74 Å². The van der Waals surface area contributed by atoms with Gasteiger partial charge in [-0.25, -0.2) is 0 Å². The topological polar surface area (TPSA) is 81.1 Å². The number of nitrogens with one attached hydrogen (secondary N) is 2. The second kappa shape index (κ2) is 12.7. The number of carbonyl (C=O) groups excluding carboxylic acids is 1. The van der Waals surface area contributed by atoms with Gasteiger partial charge < -0.3 is 15.4 Å². The van der Waals surface area contributed by atoms with E-state index >= 15 is 0 Å². The Hall–Kier alpha value is -1.67. The molecule has 2 N–H and O–H groups in total. The van der Waals surface area contributed by atoms with Crippen LogP contribution in [0.15, 0.2) is 36.8 Å². The summed E-state index contributed by atoms with van der Waals surface area (Å²) in [6, 6.07) is 5.76. The number of anilines is 1. The molecule has 0 atom stereocenters. The van der Waals surface area contributed by atoms with Crippen molar-refractivity contribution in [1.29, 1.82) is 0 Å². The Labute approximate surface area is 154 Å². The molecule has 1 amide bonds. The summed E-state index contributed by atoms with van der Waals surface area (Å²) in [4.78, 5) is 15.7. The molecule has 2 heterocycles. The number of carbonyl (C=O) groups is 1. The zero-order chi connectivity index (χ0) is 15.6. The number of hydrogen-bond acceptors (Lipinski definition) is 5. The number of halogens is 2. The van der Waals surface area contributed by atoms with Crippen molar-refractivity contribution in [3.05, 3.63) is 42.4 Å². The summed E-state index contributed by atoms with van der Waals surface area (Å²) in [7, 11) is 1.63. The van der Waals surface area contributed by atoms with Gasteiger partial charge in [0.1, 0.15) is 0 Å². The van der Waals surface area contributed by atoms with Gasteiger partial charge in [0.25, 0.3) is 0 Å². The van der Waals surface area contributed by atoms with Gasteiger partial charge in [-0.2, -0.15) is 5.10 Å². The molecule has 0 aromatic carbocycles. The van der Waals surface area contributed by atoms with Crippen molar-refractivity contribution in [2.75, 3.05) is 32.1 Å². The Kier molecular flexibility index (Phi) is 11.8. The number of methoxy groups -OCH3 is 1. The lowest BCUT2D eigenvalue weighted by Crippen LogP contribution is -2.30. The van der Waals surface area contributed by atoms with Gasteiger partial charge in [0.05, 0.1) is 13.2 Å². The molecule has 0 saturated carbocycles. The monoisotopic (exact) mass is 375 g/mol. The minimum atomic E-state index is -0.115. The fraction of sp³-hybridized carbons (Fsp3) is 0.400. The van der Waals surface area contributed by atoms with Crippen LogP contribution in [0.3, 0.4) is 0 Å². The Bertz CT molecular complexity index is 580. The average Bonchev–Trinajstić information content (AvgIpc) is 2.98. The summed E-state index contributed by atoms with van der Waals surface area (Å²) in [5, 5.41) is 10.1. The Morgan fingerprint density at radius 3 is 2.71 bits per heavy atom. The van der Waals surface area contributed by atoms with Crippen LogP contribution >= 0.6 is 24.8 Å². The lowest BCUT2D eigenvalue weighted by molar-refractivity contribution is -0.115. The summed E-state index contributed by atoms with van der Waals surface area (Å²) in [6.45, 7) is 2.22. The zero-order valence-electron chi connectivity index (χ0n) is 13.5. The number of pyridine rings is 1. The van der Waals surface area contributed by atoms with E-state index in [1.54, 1.807) is 25.6 Å². The van der Waals surface area contributed by atoms with Gasteiger partial charge in [-0.3, -0.25) is 14.5 Å². The molecule has 9 heteroatoms. The van der Waals surface area contributed by atoms with Crippen LogP contribution in [0, 0.1) is 0 Å². The van der Waals surface area contributed by atoms with Gasteiger partial charge in [-0.1, -0.05) is 0 Å². The highest BCUT2D eigenvalue weighted by atomic mass is 35.5. The summed E-state index contributed by atoms with van der Waals surface area (Å²) in [6.07, 6.45) is 6.28. The van der Waals surface area contributed by atoms with Crippen LogP contribution in [0.1, 0.15) is 5.56 Å². The van der Waals surface area contributed by atoms with E-state index in [1.807, 2.05) is 23.0 Å². The number of aromatic nitrogens is 3. The minimum absolute atomic E-state index is 0. The van der Waals surface area contributed by atoms with Crippen molar-refractivity contribution in [2.24, 2.45) is 0 Å². The van der Waals surface area contributed by atoms with Gasteiger partial charge >= 0.3 is 0 Å². The van der Waals surface area contributed by atoms with E-state index < -0.39 is 0 Å². The first-order valence-corrected chi connectivity index (χ1v) is 7.20. The first-order chi connectivity index (χ1) is 10.8. The number of rotatable bonds is 9. The molecule has 0 bridgehead atoms. The number of amides is 1. The summed E-state index contributed by atoms with van der Waals surface area (Å²) in [5.74, 6) is 0.448. The molecule has 0 saturated heterocycles. The number of hydrogen-bond donors (Lipinski definition) is 2. The fourth-order valence-corrected chi connectivity index (χ4v) is 1.91. The normalized spacial score (nSPS) is 9.71. The van der Waals surface area contributed by atoms with Gasteiger partial charge in [-0.15, -0.1) is 24.8 Å². The molecule has 2 rings (SSSR count). The van der Waals surface area contributed by atoms with Crippen LogP contribution in [0.2, 0.25) is 0 Å². The van der Waals surface area contributed by atoms with Crippen LogP contribution in [-0.2, 0) is 22.5 Å². The third kappa shape index (κ3) is 8.26. The second-order valence-corrected chi connectivity index (χ2v) is 4.79. The van der Waals surface area contributed by atoms with Crippen molar-refractivity contribution in [2.45, 2.75) is 13.0 Å². The predicted molar refractivity (Wildman–Crippen MR) is 98.0 cm³/mol. The van der Waals surface area contributed by atoms with E-state index in [2.05, 4.69) is 20.7 Å². The molecular weight excluding hydrogens is 353 g/mol. The molecule has 0 aliphatic rings. The number of nitrogens with zero attached hydrogens (tertiary/aromatic N) is 3. The van der Waals surface area contributed by atoms with E-state index in [0.717, 1.165) is 13.0 Å². The molecule has 7 nitrogen and oxygen atoms in total. The maximum Gasteiger partial charge on any atom is 0.239 e. The largest absolute Gasteiger partial charge is 0.383 e. The van der Waals surface area contributed by atoms with Crippen LogP contribution in [-0.4, -0.2) is 47.5 Å². The third-order valence-electron chi connectivity index (χ3n) is 3.06. The number of aryl methyl sites for hydroxylation is 2. The highest BCUT2D eigenvalue weighted by Gasteiger charge is 2.04. The predicted octanol–water partition coefficient (Wildman–Crippen LogP) is 1.54. The maximum atomic E-state index is 11.7. The molecule has 0 aliphatic carbocycles. The van der Waals surface area contributed by atoms with Gasteiger partial charge in [0.2, 0.25) is 5.91 Å². The molecule has 0 fully saturated rings. The van der Waals surface area contributed by atoms with Crippen molar-refractivity contribution in [1.82, 2.24) is 20.1 Å². The van der Waals surface area contributed by atoms with Crippen molar-refractivity contribution >= 4 is 36.5 Å². The Balaban J connectivity index is 0.00000264. The zero-order valence-corrected chi connectivity index (χ0v) is 15.1. The van der Waals surface area contributed by atoms with Crippen molar-refractivity contribution in [3.63, 3.8) is 0 Å². The molecule has 24 heavy (non-hydrogen) atoms. The van der Waals surface area contributed by atoms with Crippen molar-refractivity contribution in [3.8, 4) is 0 Å². The third-order valence-corrected chi connectivity index (χ3v) is 3.06. The Morgan fingerprint density at radius 1 is 1.25 bits per heavy atom. The van der Waals surface area contributed by atoms with Gasteiger partial charge in [0.15, 0.2) is 5.82 Å². The van der Waals surface area contributed by atoms with E-state index in [0.29, 0.717) is 19.0 Å². The quantitative estimate of drug-likeness (QED) is 0.649. The SMILES string of the molecule is COCCNCC(=O)Nc1ccn(CCc2ccncc2)n1.Cl.Cl. The van der Waals surface area contributed by atoms with Gasteiger partial charge in [0, 0.05) is 44.9 Å². The number of ether oxygens (including phenoxy) is 1. The van der Waals surface area contributed by atoms with Crippen LogP contribution in [0.4, 0.5) is 5.82 Å². The molecule has 0 radical (unpaired) electrons. The first kappa shape index (κ1) is 22.3. The Morgan fingerprint density at radius 2 is 2.00 bits per heavy atom. The standard InChI is InChI=1S/C15H21N5O2.2ClH/c1-22-11-8-17-12-15(21)18-14-5-10-20(19-14)9-4-13-2-6-16-7-3-13;;/h2-3,5-7,10,17H,4,8-9,11-12H2,1H3,(H,18,19,21);2*1H. The molecular formula is C15H23Cl2N5O2. The molecule has 0 spiro atoms. The highest BCUT2D eigenvalue weighted by Crippen LogP contribution is 2.04. The lowest BCUT2D eigenvalue weighted by atomic mass is 10.2. The van der Waals surface area contributed by atoms with Crippen LogP contribution in [0.5, 0.6) is 0 Å². The smallest absolute Gasteiger partial charge is 0.239 e. The van der Waals surface area contributed by atoms with Crippen LogP contribution < -0.4 is 10.6 Å². The van der Waals surface area contributed by atoms with Gasteiger partial charge in [-0.05, 0) is 24.1 Å². The average molecular weight is 376 g/mol.